The maximum atomic E-state index is 12.4. The summed E-state index contributed by atoms with van der Waals surface area (Å²) in [6.07, 6.45) is -1.16. The van der Waals surface area contributed by atoms with E-state index in [1.165, 1.54) is 18.3 Å². The lowest BCUT2D eigenvalue weighted by molar-refractivity contribution is -0.153. The van der Waals surface area contributed by atoms with Crippen molar-refractivity contribution in [2.75, 3.05) is 5.32 Å². The van der Waals surface area contributed by atoms with Crippen LogP contribution >= 0.6 is 11.3 Å². The monoisotopic (exact) mass is 479 g/mol. The Morgan fingerprint density at radius 3 is 2.50 bits per heavy atom. The van der Waals surface area contributed by atoms with Crippen LogP contribution in [0.4, 0.5) is 5.69 Å². The fraction of sp³-hybridized carbons (Fsp3) is 0.167. The van der Waals surface area contributed by atoms with E-state index < -0.39 is 23.7 Å². The summed E-state index contributed by atoms with van der Waals surface area (Å²) < 4.78 is 17.1. The Balaban J connectivity index is 1.25. The number of benzene rings is 2. The highest BCUT2D eigenvalue weighted by Gasteiger charge is 2.19. The standard InChI is InChI=1S/C24H21N3O6S/c1-16(22(29)25-17-9-11-19(12-10-17)32-18-6-3-2-4-7-18)31-21(28)13-14-27-24(30)33-23(26-27)20-8-5-15-34-20/h2-12,15-16H,13-14H2,1H3,(H,25,29). The van der Waals surface area contributed by atoms with Crippen LogP contribution < -0.4 is 15.8 Å². The van der Waals surface area contributed by atoms with Gasteiger partial charge in [0.1, 0.15) is 11.5 Å². The lowest BCUT2D eigenvalue weighted by Crippen LogP contribution is -2.30. The first-order chi connectivity index (χ1) is 16.5. The zero-order valence-corrected chi connectivity index (χ0v) is 19.0. The van der Waals surface area contributed by atoms with Crippen molar-refractivity contribution in [3.05, 3.63) is 82.7 Å². The number of para-hydroxylation sites is 1. The molecule has 1 amide bonds. The highest BCUT2D eigenvalue weighted by molar-refractivity contribution is 7.13. The third-order valence-corrected chi connectivity index (χ3v) is 5.50. The van der Waals surface area contributed by atoms with Gasteiger partial charge in [-0.1, -0.05) is 24.3 Å². The molecule has 0 saturated heterocycles. The van der Waals surface area contributed by atoms with Crippen LogP contribution in [0.2, 0.25) is 0 Å². The van der Waals surface area contributed by atoms with Gasteiger partial charge in [0.05, 0.1) is 17.8 Å². The average Bonchev–Trinajstić information content (AvgIpc) is 3.49. The molecule has 2 aromatic carbocycles. The van der Waals surface area contributed by atoms with Gasteiger partial charge in [-0.05, 0) is 54.8 Å². The van der Waals surface area contributed by atoms with E-state index in [9.17, 15) is 14.4 Å². The Hall–Kier alpha value is -4.18. The summed E-state index contributed by atoms with van der Waals surface area (Å²) in [6.45, 7) is 1.45. The van der Waals surface area contributed by atoms with Crippen LogP contribution in [0.1, 0.15) is 13.3 Å². The Labute approximate surface area is 198 Å². The Morgan fingerprint density at radius 2 is 1.79 bits per heavy atom. The normalized spacial score (nSPS) is 11.6. The third-order valence-electron chi connectivity index (χ3n) is 4.64. The molecule has 4 rings (SSSR count). The number of amides is 1. The molecular weight excluding hydrogens is 458 g/mol. The molecule has 10 heteroatoms. The summed E-state index contributed by atoms with van der Waals surface area (Å²) in [5, 5.41) is 8.60. The maximum Gasteiger partial charge on any atom is 0.437 e. The topological polar surface area (TPSA) is 113 Å². The number of ether oxygens (including phenoxy) is 2. The van der Waals surface area contributed by atoms with E-state index in [1.807, 2.05) is 41.8 Å². The lowest BCUT2D eigenvalue weighted by atomic mass is 10.2. The number of nitrogens with zero attached hydrogens (tertiary/aromatic N) is 2. The second-order valence-electron chi connectivity index (χ2n) is 7.18. The highest BCUT2D eigenvalue weighted by atomic mass is 32.1. The van der Waals surface area contributed by atoms with Gasteiger partial charge in [-0.3, -0.25) is 9.59 Å². The molecule has 4 aromatic rings. The molecule has 0 spiro atoms. The first kappa shape index (κ1) is 23.0. The van der Waals surface area contributed by atoms with Crippen molar-refractivity contribution in [1.82, 2.24) is 9.78 Å². The minimum absolute atomic E-state index is 0.0241. The van der Waals surface area contributed by atoms with Gasteiger partial charge < -0.3 is 19.2 Å². The summed E-state index contributed by atoms with van der Waals surface area (Å²) in [6, 6.07) is 19.7. The molecule has 0 aliphatic carbocycles. The van der Waals surface area contributed by atoms with Crippen molar-refractivity contribution >= 4 is 28.9 Å². The zero-order valence-electron chi connectivity index (χ0n) is 18.2. The lowest BCUT2D eigenvalue weighted by Gasteiger charge is -2.14. The first-order valence-electron chi connectivity index (χ1n) is 10.4. The number of hydrogen-bond donors (Lipinski definition) is 1. The Kier molecular flexibility index (Phi) is 7.19. The number of thiophene rings is 1. The third kappa shape index (κ3) is 5.99. The summed E-state index contributed by atoms with van der Waals surface area (Å²) in [7, 11) is 0. The van der Waals surface area contributed by atoms with Crippen molar-refractivity contribution < 1.29 is 23.5 Å². The molecule has 2 aromatic heterocycles. The number of esters is 1. The van der Waals surface area contributed by atoms with E-state index in [0.717, 1.165) is 4.68 Å². The van der Waals surface area contributed by atoms with Gasteiger partial charge >= 0.3 is 11.7 Å². The fourth-order valence-corrected chi connectivity index (χ4v) is 3.57. The van der Waals surface area contributed by atoms with E-state index in [4.69, 9.17) is 13.9 Å². The molecule has 2 heterocycles. The van der Waals surface area contributed by atoms with Crippen LogP contribution in [0, 0.1) is 0 Å². The van der Waals surface area contributed by atoms with E-state index in [0.29, 0.717) is 22.1 Å². The van der Waals surface area contributed by atoms with Crippen LogP contribution in [0.3, 0.4) is 0 Å². The summed E-state index contributed by atoms with van der Waals surface area (Å²) in [5.41, 5.74) is 0.531. The summed E-state index contributed by atoms with van der Waals surface area (Å²) >= 11 is 1.38. The van der Waals surface area contributed by atoms with Crippen LogP contribution in [0.5, 0.6) is 11.5 Å². The van der Waals surface area contributed by atoms with Crippen LogP contribution in [0.15, 0.2) is 81.3 Å². The maximum absolute atomic E-state index is 12.4. The van der Waals surface area contributed by atoms with Crippen LogP contribution in [-0.2, 0) is 20.9 Å². The molecular formula is C24H21N3O6S. The van der Waals surface area contributed by atoms with E-state index in [2.05, 4.69) is 10.4 Å². The first-order valence-corrected chi connectivity index (χ1v) is 11.3. The quantitative estimate of drug-likeness (QED) is 0.356. The number of carbonyl (C=O) groups excluding carboxylic acids is 2. The SMILES string of the molecule is CC(OC(=O)CCn1nc(-c2cccs2)oc1=O)C(=O)Nc1ccc(Oc2ccccc2)cc1. The molecule has 9 nitrogen and oxygen atoms in total. The van der Waals surface area contributed by atoms with E-state index in [-0.39, 0.29) is 18.9 Å². The van der Waals surface area contributed by atoms with E-state index >= 15 is 0 Å². The molecule has 174 valence electrons. The Bertz CT molecular complexity index is 1300. The fourth-order valence-electron chi connectivity index (χ4n) is 2.93. The summed E-state index contributed by atoms with van der Waals surface area (Å²) in [4.78, 5) is 37.2. The number of nitrogens with one attached hydrogen (secondary N) is 1. The van der Waals surface area contributed by atoms with Crippen molar-refractivity contribution in [3.63, 3.8) is 0 Å². The van der Waals surface area contributed by atoms with Gasteiger partial charge in [0.2, 0.25) is 0 Å². The second-order valence-corrected chi connectivity index (χ2v) is 8.13. The molecule has 0 aliphatic rings. The minimum Gasteiger partial charge on any atom is -0.457 e. The Morgan fingerprint density at radius 1 is 1.06 bits per heavy atom. The number of aromatic nitrogens is 2. The number of carbonyl (C=O) groups is 2. The summed E-state index contributed by atoms with van der Waals surface area (Å²) in [5.74, 6) is -0.266. The van der Waals surface area contributed by atoms with E-state index in [1.54, 1.807) is 30.3 Å². The number of anilines is 1. The molecule has 1 unspecified atom stereocenters. The van der Waals surface area contributed by atoms with Gasteiger partial charge in [-0.2, -0.15) is 4.68 Å². The molecule has 0 radical (unpaired) electrons. The predicted octanol–water partition coefficient (Wildman–Crippen LogP) is 4.32. The van der Waals surface area contributed by atoms with Crippen molar-refractivity contribution in [2.45, 2.75) is 26.0 Å². The molecule has 34 heavy (non-hydrogen) atoms. The molecule has 1 N–H and O–H groups in total. The highest BCUT2D eigenvalue weighted by Crippen LogP contribution is 2.23. The van der Waals surface area contributed by atoms with Crippen LogP contribution in [-0.4, -0.2) is 27.8 Å². The molecule has 1 atom stereocenters. The number of aryl methyl sites for hydroxylation is 1. The largest absolute Gasteiger partial charge is 0.457 e. The van der Waals surface area contributed by atoms with Crippen LogP contribution in [0.25, 0.3) is 10.8 Å². The van der Waals surface area contributed by atoms with Gasteiger partial charge in [0.25, 0.3) is 11.8 Å². The molecule has 0 bridgehead atoms. The smallest absolute Gasteiger partial charge is 0.437 e. The number of hydrogen-bond acceptors (Lipinski definition) is 8. The average molecular weight is 480 g/mol. The van der Waals surface area contributed by atoms with Gasteiger partial charge in [-0.15, -0.1) is 16.4 Å². The molecule has 0 aliphatic heterocycles. The minimum atomic E-state index is -1.02. The van der Waals surface area contributed by atoms with Crippen molar-refractivity contribution in [3.8, 4) is 22.3 Å². The number of rotatable bonds is 9. The van der Waals surface area contributed by atoms with Crippen molar-refractivity contribution in [1.29, 1.82) is 0 Å². The molecule has 0 saturated carbocycles. The van der Waals surface area contributed by atoms with Crippen molar-refractivity contribution in [2.24, 2.45) is 0 Å². The predicted molar refractivity (Wildman–Crippen MR) is 126 cm³/mol. The van der Waals surface area contributed by atoms with Gasteiger partial charge in [-0.25, -0.2) is 4.79 Å². The van der Waals surface area contributed by atoms with Gasteiger partial charge in [0.15, 0.2) is 6.10 Å². The van der Waals surface area contributed by atoms with Gasteiger partial charge in [0, 0.05) is 5.69 Å². The second kappa shape index (κ2) is 10.6. The zero-order chi connectivity index (χ0) is 23.9. The molecule has 0 fully saturated rings.